The summed E-state index contributed by atoms with van der Waals surface area (Å²) in [5, 5.41) is 2.75. The van der Waals surface area contributed by atoms with E-state index in [1.54, 1.807) is 18.2 Å². The topological polar surface area (TPSA) is 75.7 Å². The Morgan fingerprint density at radius 2 is 1.77 bits per heavy atom. The minimum atomic E-state index is -3.98. The number of nitrogens with one attached hydrogen (secondary N) is 1. The fourth-order valence-corrected chi connectivity index (χ4v) is 5.25. The van der Waals surface area contributed by atoms with E-state index >= 15 is 0 Å². The number of nitrogens with zero attached hydrogens (tertiary/aromatic N) is 1. The molecule has 0 aromatic heterocycles. The fourth-order valence-electron chi connectivity index (χ4n) is 3.60. The molecule has 3 aromatic rings. The van der Waals surface area contributed by atoms with Gasteiger partial charge in [0.25, 0.3) is 10.0 Å². The van der Waals surface area contributed by atoms with Crippen LogP contribution < -0.4 is 14.4 Å². The Labute approximate surface area is 180 Å². The van der Waals surface area contributed by atoms with Crippen LogP contribution in [0.3, 0.4) is 0 Å². The van der Waals surface area contributed by atoms with Gasteiger partial charge in [-0.3, -0.25) is 9.10 Å². The first-order valence-electron chi connectivity index (χ1n) is 9.81. The highest BCUT2D eigenvalue weighted by atomic mass is 32.2. The van der Waals surface area contributed by atoms with Crippen molar-refractivity contribution in [1.29, 1.82) is 0 Å². The minimum Gasteiger partial charge on any atom is -0.494 e. The molecule has 1 N–H and O–H groups in total. The number of anilines is 1. The fraction of sp³-hybridized carbons (Fsp3) is 0.174. The lowest BCUT2D eigenvalue weighted by molar-refractivity contribution is -0.119. The lowest BCUT2D eigenvalue weighted by atomic mass is 10.0. The third-order valence-electron chi connectivity index (χ3n) is 5.01. The van der Waals surface area contributed by atoms with Gasteiger partial charge >= 0.3 is 0 Å². The van der Waals surface area contributed by atoms with E-state index in [0.717, 1.165) is 9.87 Å². The zero-order valence-electron chi connectivity index (χ0n) is 16.8. The predicted molar refractivity (Wildman–Crippen MR) is 116 cm³/mol. The third kappa shape index (κ3) is 3.98. The van der Waals surface area contributed by atoms with Crippen molar-refractivity contribution in [3.05, 3.63) is 78.1 Å². The average molecular weight is 440 g/mol. The maximum Gasteiger partial charge on any atom is 0.265 e. The van der Waals surface area contributed by atoms with E-state index in [9.17, 15) is 17.6 Å². The molecule has 0 atom stereocenters. The predicted octanol–water partition coefficient (Wildman–Crippen LogP) is 3.72. The third-order valence-corrected chi connectivity index (χ3v) is 6.83. The summed E-state index contributed by atoms with van der Waals surface area (Å²) in [5.41, 5.74) is 1.90. The summed E-state index contributed by atoms with van der Waals surface area (Å²) < 4.78 is 47.0. The average Bonchev–Trinajstić information content (AvgIpc) is 2.76. The summed E-state index contributed by atoms with van der Waals surface area (Å²) in [5.74, 6) is -0.306. The minimum absolute atomic E-state index is 0.0441. The Morgan fingerprint density at radius 3 is 2.58 bits per heavy atom. The molecule has 0 saturated carbocycles. The summed E-state index contributed by atoms with van der Waals surface area (Å²) >= 11 is 0. The number of benzene rings is 3. The van der Waals surface area contributed by atoms with E-state index in [4.69, 9.17) is 4.74 Å². The molecular weight excluding hydrogens is 419 g/mol. The van der Waals surface area contributed by atoms with Gasteiger partial charge in [-0.05, 0) is 37.3 Å². The normalized spacial score (nSPS) is 13.8. The van der Waals surface area contributed by atoms with E-state index in [1.165, 1.54) is 24.3 Å². The Bertz CT molecular complexity index is 1240. The SMILES string of the molecule is CCOc1ccccc1CNC(=O)CN1c2ccc(F)cc2-c2ccccc2S1(=O)=O. The van der Waals surface area contributed by atoms with Gasteiger partial charge in [0, 0.05) is 23.2 Å². The molecule has 0 bridgehead atoms. The number of sulfonamides is 1. The van der Waals surface area contributed by atoms with Gasteiger partial charge in [-0.15, -0.1) is 0 Å². The molecule has 0 unspecified atom stereocenters. The Morgan fingerprint density at radius 1 is 1.03 bits per heavy atom. The zero-order chi connectivity index (χ0) is 22.0. The van der Waals surface area contributed by atoms with Crippen LogP contribution in [-0.2, 0) is 21.4 Å². The maximum atomic E-state index is 13.9. The molecule has 0 saturated heterocycles. The number of hydrogen-bond acceptors (Lipinski definition) is 4. The largest absolute Gasteiger partial charge is 0.494 e. The molecule has 160 valence electrons. The molecule has 0 fully saturated rings. The second-order valence-electron chi connectivity index (χ2n) is 6.99. The van der Waals surface area contributed by atoms with E-state index < -0.39 is 28.3 Å². The number of rotatable bonds is 6. The van der Waals surface area contributed by atoms with Crippen molar-refractivity contribution in [3.8, 4) is 16.9 Å². The van der Waals surface area contributed by atoms with Crippen LogP contribution in [-0.4, -0.2) is 27.5 Å². The summed E-state index contributed by atoms with van der Waals surface area (Å²) in [6.45, 7) is 2.13. The molecule has 3 aromatic carbocycles. The highest BCUT2D eigenvalue weighted by Crippen LogP contribution is 2.42. The molecule has 0 radical (unpaired) electrons. The molecule has 31 heavy (non-hydrogen) atoms. The van der Waals surface area contributed by atoms with Crippen molar-refractivity contribution >= 4 is 21.6 Å². The van der Waals surface area contributed by atoms with Gasteiger partial charge in [0.2, 0.25) is 5.91 Å². The van der Waals surface area contributed by atoms with Gasteiger partial charge in [-0.1, -0.05) is 36.4 Å². The highest BCUT2D eigenvalue weighted by molar-refractivity contribution is 7.93. The van der Waals surface area contributed by atoms with E-state index in [2.05, 4.69) is 5.32 Å². The first-order chi connectivity index (χ1) is 14.9. The second kappa shape index (κ2) is 8.39. The van der Waals surface area contributed by atoms with Crippen LogP contribution in [0.15, 0.2) is 71.6 Å². The highest BCUT2D eigenvalue weighted by Gasteiger charge is 2.36. The van der Waals surface area contributed by atoms with Gasteiger partial charge in [0.1, 0.15) is 18.1 Å². The van der Waals surface area contributed by atoms with Gasteiger partial charge in [0.15, 0.2) is 0 Å². The Hall–Kier alpha value is -3.39. The molecule has 8 heteroatoms. The monoisotopic (exact) mass is 440 g/mol. The number of hydrogen-bond donors (Lipinski definition) is 1. The number of halogens is 1. The van der Waals surface area contributed by atoms with Crippen LogP contribution >= 0.6 is 0 Å². The van der Waals surface area contributed by atoms with Crippen LogP contribution in [0.2, 0.25) is 0 Å². The molecule has 1 heterocycles. The zero-order valence-corrected chi connectivity index (χ0v) is 17.7. The quantitative estimate of drug-likeness (QED) is 0.634. The smallest absolute Gasteiger partial charge is 0.265 e. The second-order valence-corrected chi connectivity index (χ2v) is 8.82. The first-order valence-corrected chi connectivity index (χ1v) is 11.2. The van der Waals surface area contributed by atoms with Crippen molar-refractivity contribution in [2.24, 2.45) is 0 Å². The van der Waals surface area contributed by atoms with Crippen LogP contribution in [0.1, 0.15) is 12.5 Å². The van der Waals surface area contributed by atoms with Crippen molar-refractivity contribution in [1.82, 2.24) is 5.32 Å². The van der Waals surface area contributed by atoms with Gasteiger partial charge in [0.05, 0.1) is 17.2 Å². The Kier molecular flexibility index (Phi) is 5.65. The summed E-state index contributed by atoms with van der Waals surface area (Å²) in [6.07, 6.45) is 0. The first kappa shape index (κ1) is 20.9. The number of carbonyl (C=O) groups is 1. The summed E-state index contributed by atoms with van der Waals surface area (Å²) in [6, 6.07) is 17.6. The molecule has 1 aliphatic rings. The molecule has 1 aliphatic heterocycles. The van der Waals surface area contributed by atoms with E-state index in [1.807, 2.05) is 31.2 Å². The van der Waals surface area contributed by atoms with Crippen molar-refractivity contribution in [2.75, 3.05) is 17.5 Å². The molecule has 1 amide bonds. The maximum absolute atomic E-state index is 13.9. The summed E-state index contributed by atoms with van der Waals surface area (Å²) in [7, 11) is -3.98. The molecule has 0 spiro atoms. The van der Waals surface area contributed by atoms with E-state index in [0.29, 0.717) is 23.5 Å². The van der Waals surface area contributed by atoms with Crippen LogP contribution in [0.4, 0.5) is 10.1 Å². The van der Waals surface area contributed by atoms with Gasteiger partial charge in [-0.25, -0.2) is 12.8 Å². The number of amides is 1. The molecule has 6 nitrogen and oxygen atoms in total. The van der Waals surface area contributed by atoms with Crippen molar-refractivity contribution in [2.45, 2.75) is 18.4 Å². The van der Waals surface area contributed by atoms with Gasteiger partial charge < -0.3 is 10.1 Å². The van der Waals surface area contributed by atoms with Crippen LogP contribution in [0.25, 0.3) is 11.1 Å². The molecule has 4 rings (SSSR count). The van der Waals surface area contributed by atoms with Gasteiger partial charge in [-0.2, -0.15) is 0 Å². The standard InChI is InChI=1S/C23H21FN2O4S/c1-2-30-21-9-5-3-7-16(21)14-25-23(27)15-26-20-12-11-17(24)13-19(20)18-8-4-6-10-22(18)31(26,28)29/h3-13H,2,14-15H2,1H3,(H,25,27). The van der Waals surface area contributed by atoms with E-state index in [-0.39, 0.29) is 17.1 Å². The number of fused-ring (bicyclic) bond motifs is 3. The lowest BCUT2D eigenvalue weighted by Crippen LogP contribution is -2.42. The molecular formula is C23H21FN2O4S. The Balaban J connectivity index is 1.61. The van der Waals surface area contributed by atoms with Crippen LogP contribution in [0, 0.1) is 5.82 Å². The number of para-hydroxylation sites is 1. The number of carbonyl (C=O) groups excluding carboxylic acids is 1. The van der Waals surface area contributed by atoms with Crippen molar-refractivity contribution < 1.29 is 22.3 Å². The van der Waals surface area contributed by atoms with Crippen LogP contribution in [0.5, 0.6) is 5.75 Å². The number of ether oxygens (including phenoxy) is 1. The summed E-state index contributed by atoms with van der Waals surface area (Å²) in [4.78, 5) is 12.7. The molecule has 0 aliphatic carbocycles. The lowest BCUT2D eigenvalue weighted by Gasteiger charge is -2.31. The van der Waals surface area contributed by atoms with Crippen molar-refractivity contribution in [3.63, 3.8) is 0 Å².